The molecular formula is C17H21N5O3. The lowest BCUT2D eigenvalue weighted by molar-refractivity contribution is -0.135. The van der Waals surface area contributed by atoms with E-state index in [1.807, 2.05) is 11.0 Å². The van der Waals surface area contributed by atoms with Gasteiger partial charge in [-0.3, -0.25) is 9.59 Å². The average molecular weight is 343 g/mol. The summed E-state index contributed by atoms with van der Waals surface area (Å²) in [6.07, 6.45) is 1.52. The van der Waals surface area contributed by atoms with Crippen LogP contribution in [0.5, 0.6) is 0 Å². The molecule has 1 N–H and O–H groups in total. The zero-order chi connectivity index (χ0) is 17.4. The van der Waals surface area contributed by atoms with Crippen LogP contribution in [0.1, 0.15) is 23.2 Å². The normalized spacial score (nSPS) is 23.3. The molecule has 1 unspecified atom stereocenters. The van der Waals surface area contributed by atoms with Crippen molar-refractivity contribution in [2.75, 3.05) is 39.9 Å². The quantitative estimate of drug-likeness (QED) is 0.881. The van der Waals surface area contributed by atoms with E-state index < -0.39 is 5.41 Å². The first-order valence-corrected chi connectivity index (χ1v) is 8.52. The number of hydrogen-bond donors (Lipinski definition) is 1. The molecule has 8 heteroatoms. The molecule has 2 aliphatic rings. The zero-order valence-electron chi connectivity index (χ0n) is 14.2. The summed E-state index contributed by atoms with van der Waals surface area (Å²) < 4.78 is 5.08. The third-order valence-electron chi connectivity index (χ3n) is 5.38. The van der Waals surface area contributed by atoms with Gasteiger partial charge >= 0.3 is 0 Å². The smallest absolute Gasteiger partial charge is 0.256 e. The standard InChI is InChI=1S/C17H21N5O3/c1-25-10-9-21-7-5-17(16(21)24)6-8-22(11-17)15(23)12-3-2-4-13-14(12)19-20-18-13/h2-4H,5-11H2,1H3,(H,18,19,20). The van der Waals surface area contributed by atoms with Crippen LogP contribution < -0.4 is 0 Å². The van der Waals surface area contributed by atoms with Gasteiger partial charge in [0.1, 0.15) is 11.0 Å². The Bertz CT molecular complexity index is 819. The minimum Gasteiger partial charge on any atom is -0.383 e. The van der Waals surface area contributed by atoms with Crippen molar-refractivity contribution >= 4 is 22.8 Å². The summed E-state index contributed by atoms with van der Waals surface area (Å²) in [5.74, 6) is 0.0685. The fourth-order valence-corrected chi connectivity index (χ4v) is 3.94. The summed E-state index contributed by atoms with van der Waals surface area (Å²) in [5, 5.41) is 10.7. The van der Waals surface area contributed by atoms with Crippen LogP contribution in [-0.2, 0) is 9.53 Å². The van der Waals surface area contributed by atoms with Crippen LogP contribution in [0.25, 0.3) is 11.0 Å². The van der Waals surface area contributed by atoms with Gasteiger partial charge in [-0.1, -0.05) is 6.07 Å². The van der Waals surface area contributed by atoms with Gasteiger partial charge in [0.15, 0.2) is 0 Å². The molecule has 1 atom stereocenters. The number of ether oxygens (including phenoxy) is 1. The topological polar surface area (TPSA) is 91.4 Å². The summed E-state index contributed by atoms with van der Waals surface area (Å²) in [4.78, 5) is 29.4. The van der Waals surface area contributed by atoms with E-state index in [2.05, 4.69) is 15.4 Å². The highest BCUT2D eigenvalue weighted by Gasteiger charge is 2.51. The Morgan fingerprint density at radius 2 is 2.16 bits per heavy atom. The van der Waals surface area contributed by atoms with Crippen molar-refractivity contribution in [1.29, 1.82) is 0 Å². The lowest BCUT2D eigenvalue weighted by Gasteiger charge is -2.23. The average Bonchev–Trinajstić information content (AvgIpc) is 3.34. The SMILES string of the molecule is COCCN1CCC2(CCN(C(=O)c3cccc4n[nH]nc34)C2)C1=O. The van der Waals surface area contributed by atoms with Crippen LogP contribution in [0.2, 0.25) is 0 Å². The monoisotopic (exact) mass is 343 g/mol. The number of rotatable bonds is 4. The van der Waals surface area contributed by atoms with Crippen LogP contribution in [0.3, 0.4) is 0 Å². The molecule has 2 amide bonds. The number of hydrogen-bond acceptors (Lipinski definition) is 5. The minimum absolute atomic E-state index is 0.0838. The highest BCUT2D eigenvalue weighted by atomic mass is 16.5. The van der Waals surface area contributed by atoms with Gasteiger partial charge < -0.3 is 14.5 Å². The number of carbonyl (C=O) groups is 2. The number of nitrogens with one attached hydrogen (secondary N) is 1. The number of nitrogens with zero attached hydrogens (tertiary/aromatic N) is 4. The fourth-order valence-electron chi connectivity index (χ4n) is 3.94. The van der Waals surface area contributed by atoms with E-state index in [9.17, 15) is 9.59 Å². The van der Waals surface area contributed by atoms with Gasteiger partial charge in [-0.15, -0.1) is 0 Å². The first-order valence-electron chi connectivity index (χ1n) is 8.52. The summed E-state index contributed by atoms with van der Waals surface area (Å²) in [5.41, 5.74) is 1.35. The predicted molar refractivity (Wildman–Crippen MR) is 89.9 cm³/mol. The Morgan fingerprint density at radius 3 is 3.00 bits per heavy atom. The fraction of sp³-hybridized carbons (Fsp3) is 0.529. The molecule has 0 aliphatic carbocycles. The molecule has 1 spiro atoms. The number of amides is 2. The van der Waals surface area contributed by atoms with Gasteiger partial charge in [-0.05, 0) is 25.0 Å². The number of para-hydroxylation sites is 1. The molecule has 0 bridgehead atoms. The number of likely N-dealkylation sites (tertiary alicyclic amines) is 2. The molecule has 2 aromatic rings. The summed E-state index contributed by atoms with van der Waals surface area (Å²) >= 11 is 0. The van der Waals surface area contributed by atoms with Crippen LogP contribution in [0.15, 0.2) is 18.2 Å². The van der Waals surface area contributed by atoms with Crippen molar-refractivity contribution in [2.24, 2.45) is 5.41 Å². The van der Waals surface area contributed by atoms with E-state index >= 15 is 0 Å². The number of H-pyrrole nitrogens is 1. The molecule has 4 rings (SSSR count). The van der Waals surface area contributed by atoms with Gasteiger partial charge in [0.25, 0.3) is 5.91 Å². The number of fused-ring (bicyclic) bond motifs is 1. The zero-order valence-corrected chi connectivity index (χ0v) is 14.2. The molecule has 25 heavy (non-hydrogen) atoms. The second-order valence-electron chi connectivity index (χ2n) is 6.79. The Balaban J connectivity index is 1.52. The van der Waals surface area contributed by atoms with Crippen molar-refractivity contribution in [3.05, 3.63) is 23.8 Å². The van der Waals surface area contributed by atoms with E-state index in [-0.39, 0.29) is 11.8 Å². The molecule has 2 saturated heterocycles. The van der Waals surface area contributed by atoms with Crippen molar-refractivity contribution in [2.45, 2.75) is 12.8 Å². The van der Waals surface area contributed by atoms with Crippen LogP contribution in [0.4, 0.5) is 0 Å². The van der Waals surface area contributed by atoms with Gasteiger partial charge in [-0.25, -0.2) is 0 Å². The molecule has 0 saturated carbocycles. The van der Waals surface area contributed by atoms with E-state index in [0.717, 1.165) is 19.4 Å². The Hall–Kier alpha value is -2.48. The highest BCUT2D eigenvalue weighted by Crippen LogP contribution is 2.41. The van der Waals surface area contributed by atoms with Crippen molar-refractivity contribution in [3.8, 4) is 0 Å². The second-order valence-corrected chi connectivity index (χ2v) is 6.79. The Kier molecular flexibility index (Phi) is 3.91. The van der Waals surface area contributed by atoms with Crippen molar-refractivity contribution in [3.63, 3.8) is 0 Å². The van der Waals surface area contributed by atoms with Gasteiger partial charge in [0.05, 0.1) is 17.6 Å². The maximum Gasteiger partial charge on any atom is 0.256 e. The first-order chi connectivity index (χ1) is 12.1. The van der Waals surface area contributed by atoms with Gasteiger partial charge in [-0.2, -0.15) is 15.4 Å². The molecular weight excluding hydrogens is 322 g/mol. The van der Waals surface area contributed by atoms with Crippen molar-refractivity contribution in [1.82, 2.24) is 25.2 Å². The third kappa shape index (κ3) is 2.57. The van der Waals surface area contributed by atoms with Gasteiger partial charge in [0, 0.05) is 33.3 Å². The molecule has 0 radical (unpaired) electrons. The third-order valence-corrected chi connectivity index (χ3v) is 5.38. The Morgan fingerprint density at radius 1 is 1.32 bits per heavy atom. The molecule has 2 aliphatic heterocycles. The second kappa shape index (κ2) is 6.11. The molecule has 1 aromatic carbocycles. The molecule has 132 valence electrons. The summed E-state index contributed by atoms with van der Waals surface area (Å²) in [6.45, 7) is 2.96. The van der Waals surface area contributed by atoms with E-state index in [1.54, 1.807) is 24.1 Å². The maximum absolute atomic E-state index is 13.0. The lowest BCUT2D eigenvalue weighted by atomic mass is 9.85. The van der Waals surface area contributed by atoms with Crippen LogP contribution in [0, 0.1) is 5.41 Å². The number of aromatic nitrogens is 3. The minimum atomic E-state index is -0.429. The number of methoxy groups -OCH3 is 1. The molecule has 8 nitrogen and oxygen atoms in total. The van der Waals surface area contributed by atoms with Crippen LogP contribution >= 0.6 is 0 Å². The predicted octanol–water partition coefficient (Wildman–Crippen LogP) is 0.669. The van der Waals surface area contributed by atoms with Gasteiger partial charge in [0.2, 0.25) is 5.91 Å². The Labute approximate surface area is 145 Å². The van der Waals surface area contributed by atoms with Crippen molar-refractivity contribution < 1.29 is 14.3 Å². The molecule has 2 fully saturated rings. The number of carbonyl (C=O) groups excluding carboxylic acids is 2. The number of aromatic amines is 1. The van der Waals surface area contributed by atoms with E-state index in [0.29, 0.717) is 42.8 Å². The van der Waals surface area contributed by atoms with Crippen LogP contribution in [-0.4, -0.2) is 76.9 Å². The summed E-state index contributed by atoms with van der Waals surface area (Å²) in [7, 11) is 1.64. The lowest BCUT2D eigenvalue weighted by Crippen LogP contribution is -2.39. The van der Waals surface area contributed by atoms with E-state index in [1.165, 1.54) is 0 Å². The number of benzene rings is 1. The molecule has 3 heterocycles. The largest absolute Gasteiger partial charge is 0.383 e. The molecule has 1 aromatic heterocycles. The highest BCUT2D eigenvalue weighted by molar-refractivity contribution is 6.05. The first kappa shape index (κ1) is 16.0. The van der Waals surface area contributed by atoms with E-state index in [4.69, 9.17) is 4.74 Å². The summed E-state index contributed by atoms with van der Waals surface area (Å²) in [6, 6.07) is 5.38. The maximum atomic E-state index is 13.0.